The van der Waals surface area contributed by atoms with E-state index in [1.54, 1.807) is 0 Å². The van der Waals surface area contributed by atoms with Gasteiger partial charge in [0.05, 0.1) is 24.1 Å². The number of ether oxygens (including phenoxy) is 1. The minimum absolute atomic E-state index is 0.0792. The summed E-state index contributed by atoms with van der Waals surface area (Å²) in [4.78, 5) is 29.5. The number of benzene rings is 2. The predicted octanol–water partition coefficient (Wildman–Crippen LogP) is 3.11. The van der Waals surface area contributed by atoms with Crippen LogP contribution in [0.25, 0.3) is 0 Å². The molecule has 2 amide bonds. The minimum Gasteiger partial charge on any atom is -0.493 e. The third kappa shape index (κ3) is 5.51. The van der Waals surface area contributed by atoms with Gasteiger partial charge in [-0.15, -0.1) is 0 Å². The summed E-state index contributed by atoms with van der Waals surface area (Å²) in [6, 6.07) is 15.1. The highest BCUT2D eigenvalue weighted by Crippen LogP contribution is 2.48. The SMILES string of the molecule is CS(=O)(=O)N1CC2(CCN(C(=O)C(CC3CCOc4ccccc4C3)NC(=O)C3(N)CCCC3)CC2)c2ccccc21. The van der Waals surface area contributed by atoms with Crippen LogP contribution in [0.3, 0.4) is 0 Å². The van der Waals surface area contributed by atoms with Crippen LogP contribution in [0.2, 0.25) is 0 Å². The average Bonchev–Trinajstić information content (AvgIpc) is 3.49. The second-order valence-electron chi connectivity index (χ2n) is 12.8. The number of amides is 2. The second-order valence-corrected chi connectivity index (χ2v) is 14.7. The van der Waals surface area contributed by atoms with Crippen molar-refractivity contribution in [1.29, 1.82) is 0 Å². The molecule has 1 saturated heterocycles. The predicted molar refractivity (Wildman–Crippen MR) is 162 cm³/mol. The standard InChI is InChI=1S/C32H42N4O5S/c1-42(39,40)36-22-31(25-9-3-4-10-27(25)36)15-17-35(18-16-31)29(37)26(34-30(38)32(33)13-6-7-14-32)21-23-12-19-41-28-11-5-2-8-24(28)20-23/h2-5,8-11,23,26H,6-7,12-22,33H2,1H3,(H,34,38). The lowest BCUT2D eigenvalue weighted by atomic mass is 9.74. The highest BCUT2D eigenvalue weighted by atomic mass is 32.2. The molecule has 2 fully saturated rings. The fourth-order valence-electron chi connectivity index (χ4n) is 7.54. The number of sulfonamides is 1. The number of likely N-dealkylation sites (tertiary alicyclic amines) is 1. The second kappa shape index (κ2) is 11.2. The first kappa shape index (κ1) is 29.0. The number of rotatable bonds is 6. The maximum Gasteiger partial charge on any atom is 0.245 e. The van der Waals surface area contributed by atoms with E-state index in [1.807, 2.05) is 47.4 Å². The third-order valence-corrected chi connectivity index (χ3v) is 11.1. The van der Waals surface area contributed by atoms with E-state index in [0.717, 1.165) is 48.2 Å². The molecule has 3 N–H and O–H groups in total. The number of para-hydroxylation sites is 2. The maximum atomic E-state index is 14.2. The van der Waals surface area contributed by atoms with Crippen LogP contribution in [-0.4, -0.2) is 69.2 Å². The first-order valence-electron chi connectivity index (χ1n) is 15.2. The van der Waals surface area contributed by atoms with E-state index in [9.17, 15) is 18.0 Å². The Kier molecular flexibility index (Phi) is 7.72. The van der Waals surface area contributed by atoms with Gasteiger partial charge in [-0.3, -0.25) is 13.9 Å². The summed E-state index contributed by atoms with van der Waals surface area (Å²) in [5.74, 6) is 0.747. The van der Waals surface area contributed by atoms with Gasteiger partial charge in [-0.1, -0.05) is 49.2 Å². The Morgan fingerprint density at radius 2 is 1.74 bits per heavy atom. The van der Waals surface area contributed by atoms with Gasteiger partial charge in [0.1, 0.15) is 11.8 Å². The Morgan fingerprint density at radius 3 is 2.48 bits per heavy atom. The van der Waals surface area contributed by atoms with Gasteiger partial charge >= 0.3 is 0 Å². The zero-order valence-electron chi connectivity index (χ0n) is 24.4. The molecule has 2 atom stereocenters. The van der Waals surface area contributed by atoms with Crippen LogP contribution in [0.5, 0.6) is 5.75 Å². The van der Waals surface area contributed by atoms with Crippen molar-refractivity contribution < 1.29 is 22.7 Å². The van der Waals surface area contributed by atoms with E-state index < -0.39 is 21.6 Å². The molecule has 0 radical (unpaired) electrons. The molecule has 0 bridgehead atoms. The van der Waals surface area contributed by atoms with Crippen molar-refractivity contribution in [1.82, 2.24) is 10.2 Å². The quantitative estimate of drug-likeness (QED) is 0.530. The molecule has 2 aromatic carbocycles. The highest BCUT2D eigenvalue weighted by molar-refractivity contribution is 7.92. The van der Waals surface area contributed by atoms with Gasteiger partial charge in [0.25, 0.3) is 0 Å². The molecule has 226 valence electrons. The van der Waals surface area contributed by atoms with Crippen LogP contribution >= 0.6 is 0 Å². The van der Waals surface area contributed by atoms with E-state index >= 15 is 0 Å². The van der Waals surface area contributed by atoms with Crippen molar-refractivity contribution in [2.45, 2.75) is 74.8 Å². The fraction of sp³-hybridized carbons (Fsp3) is 0.562. The van der Waals surface area contributed by atoms with Crippen LogP contribution in [0.4, 0.5) is 5.69 Å². The summed E-state index contributed by atoms with van der Waals surface area (Å²) >= 11 is 0. The Labute approximate surface area is 248 Å². The van der Waals surface area contributed by atoms with E-state index in [1.165, 1.54) is 10.6 Å². The molecular weight excluding hydrogens is 552 g/mol. The summed E-state index contributed by atoms with van der Waals surface area (Å²) in [6.45, 7) is 1.97. The van der Waals surface area contributed by atoms with Gasteiger partial charge in [0.2, 0.25) is 21.8 Å². The zero-order chi connectivity index (χ0) is 29.5. The highest BCUT2D eigenvalue weighted by Gasteiger charge is 2.48. The molecule has 2 unspecified atom stereocenters. The molecule has 3 heterocycles. The average molecular weight is 595 g/mol. The Balaban J connectivity index is 1.20. The number of hydrogen-bond acceptors (Lipinski definition) is 6. The normalized spacial score (nSPS) is 23.4. The lowest BCUT2D eigenvalue weighted by molar-refractivity contribution is -0.139. The number of hydrogen-bond donors (Lipinski definition) is 2. The van der Waals surface area contributed by atoms with Crippen molar-refractivity contribution in [3.8, 4) is 5.75 Å². The first-order chi connectivity index (χ1) is 20.1. The molecule has 2 aromatic rings. The molecule has 9 nitrogen and oxygen atoms in total. The number of carbonyl (C=O) groups is 2. The topological polar surface area (TPSA) is 122 Å². The molecule has 1 spiro atoms. The van der Waals surface area contributed by atoms with Crippen molar-refractivity contribution in [3.05, 3.63) is 59.7 Å². The van der Waals surface area contributed by atoms with E-state index in [-0.39, 0.29) is 23.1 Å². The number of anilines is 1. The van der Waals surface area contributed by atoms with E-state index in [2.05, 4.69) is 11.4 Å². The van der Waals surface area contributed by atoms with Gasteiger partial charge in [-0.05, 0) is 74.1 Å². The number of nitrogens with zero attached hydrogens (tertiary/aromatic N) is 2. The molecule has 10 heteroatoms. The minimum atomic E-state index is -3.42. The number of fused-ring (bicyclic) bond motifs is 3. The fourth-order valence-corrected chi connectivity index (χ4v) is 8.53. The van der Waals surface area contributed by atoms with Crippen LogP contribution in [0.1, 0.15) is 62.5 Å². The van der Waals surface area contributed by atoms with Gasteiger partial charge in [-0.25, -0.2) is 8.42 Å². The number of nitrogens with one attached hydrogen (secondary N) is 1. The van der Waals surface area contributed by atoms with E-state index in [4.69, 9.17) is 10.5 Å². The summed E-state index contributed by atoms with van der Waals surface area (Å²) in [7, 11) is -3.42. The van der Waals surface area contributed by atoms with Crippen molar-refractivity contribution in [3.63, 3.8) is 0 Å². The van der Waals surface area contributed by atoms with Crippen molar-refractivity contribution >= 4 is 27.5 Å². The molecule has 0 aromatic heterocycles. The molecule has 1 aliphatic carbocycles. The summed E-state index contributed by atoms with van der Waals surface area (Å²) in [6.07, 6.45) is 7.76. The monoisotopic (exact) mass is 594 g/mol. The maximum absolute atomic E-state index is 14.2. The molecule has 1 saturated carbocycles. The molecule has 3 aliphatic heterocycles. The smallest absolute Gasteiger partial charge is 0.245 e. The number of nitrogens with two attached hydrogens (primary N) is 1. The van der Waals surface area contributed by atoms with Crippen LogP contribution in [0.15, 0.2) is 48.5 Å². The molecule has 4 aliphatic rings. The Hall–Kier alpha value is -3.11. The first-order valence-corrected chi connectivity index (χ1v) is 17.1. The lowest BCUT2D eigenvalue weighted by Gasteiger charge is -2.41. The molecular formula is C32H42N4O5S. The van der Waals surface area contributed by atoms with Gasteiger partial charge < -0.3 is 20.7 Å². The van der Waals surface area contributed by atoms with Crippen LogP contribution in [-0.2, 0) is 31.4 Å². The largest absolute Gasteiger partial charge is 0.493 e. The van der Waals surface area contributed by atoms with Crippen LogP contribution < -0.4 is 20.1 Å². The van der Waals surface area contributed by atoms with Gasteiger partial charge in [0.15, 0.2) is 0 Å². The van der Waals surface area contributed by atoms with Crippen molar-refractivity contribution in [2.75, 3.05) is 36.8 Å². The summed E-state index contributed by atoms with van der Waals surface area (Å²) in [5, 5.41) is 3.11. The van der Waals surface area contributed by atoms with Crippen molar-refractivity contribution in [2.24, 2.45) is 11.7 Å². The molecule has 6 rings (SSSR count). The lowest BCUT2D eigenvalue weighted by Crippen LogP contribution is -2.59. The van der Waals surface area contributed by atoms with Gasteiger partial charge in [0, 0.05) is 25.0 Å². The Bertz CT molecular complexity index is 1450. The number of piperidine rings is 1. The number of carbonyl (C=O) groups excluding carboxylic acids is 2. The van der Waals surface area contributed by atoms with Crippen LogP contribution in [0, 0.1) is 5.92 Å². The van der Waals surface area contributed by atoms with E-state index in [0.29, 0.717) is 58.3 Å². The molecule has 42 heavy (non-hydrogen) atoms. The Morgan fingerprint density at radius 1 is 1.05 bits per heavy atom. The summed E-state index contributed by atoms with van der Waals surface area (Å²) < 4.78 is 32.7. The third-order valence-electron chi connectivity index (χ3n) is 10.0. The van der Waals surface area contributed by atoms with Gasteiger partial charge in [-0.2, -0.15) is 0 Å². The summed E-state index contributed by atoms with van der Waals surface area (Å²) in [5.41, 5.74) is 8.16. The zero-order valence-corrected chi connectivity index (χ0v) is 25.2.